The first-order valence-electron chi connectivity index (χ1n) is 18.2. The molecule has 0 saturated carbocycles. The van der Waals surface area contributed by atoms with E-state index in [9.17, 15) is 0 Å². The molecule has 242 valence electrons. The molecule has 4 nitrogen and oxygen atoms in total. The second kappa shape index (κ2) is 11.8. The van der Waals surface area contributed by atoms with E-state index in [2.05, 4.69) is 173 Å². The van der Waals surface area contributed by atoms with Crippen LogP contribution in [0.3, 0.4) is 0 Å². The number of fused-ring (bicyclic) bond motifs is 6. The van der Waals surface area contributed by atoms with Crippen LogP contribution in [0.4, 0.5) is 0 Å². The summed E-state index contributed by atoms with van der Waals surface area (Å²) >= 11 is 0. The molecule has 0 saturated heterocycles. The number of nitrogens with zero attached hydrogens (tertiary/aromatic N) is 4. The van der Waals surface area contributed by atoms with Crippen LogP contribution in [0.5, 0.6) is 0 Å². The molecule has 6 aromatic carbocycles. The van der Waals surface area contributed by atoms with Crippen molar-refractivity contribution < 1.29 is 0 Å². The van der Waals surface area contributed by atoms with Gasteiger partial charge >= 0.3 is 0 Å². The lowest BCUT2D eigenvalue weighted by Gasteiger charge is -2.54. The summed E-state index contributed by atoms with van der Waals surface area (Å²) in [6, 6.07) is 51.8. The third kappa shape index (κ3) is 4.80. The maximum atomic E-state index is 5.28. The molecule has 9 rings (SSSR count). The van der Waals surface area contributed by atoms with Gasteiger partial charge in [0.2, 0.25) is 5.95 Å². The molecule has 0 amide bonds. The average Bonchev–Trinajstić information content (AvgIpc) is 3.65. The van der Waals surface area contributed by atoms with Crippen LogP contribution in [0.1, 0.15) is 11.1 Å². The second-order valence-electron chi connectivity index (χ2n) is 16.2. The van der Waals surface area contributed by atoms with Gasteiger partial charge in [0, 0.05) is 21.9 Å². The Morgan fingerprint density at radius 2 is 0.942 bits per heavy atom. The van der Waals surface area contributed by atoms with E-state index in [1.807, 2.05) is 24.3 Å². The van der Waals surface area contributed by atoms with E-state index in [1.165, 1.54) is 38.6 Å². The maximum absolute atomic E-state index is 5.28. The molecular formula is C42H36B6N4. The molecule has 0 spiro atoms. The quantitative estimate of drug-likeness (QED) is 0.252. The first-order chi connectivity index (χ1) is 25.1. The van der Waals surface area contributed by atoms with E-state index >= 15 is 0 Å². The molecule has 0 atom stereocenters. The van der Waals surface area contributed by atoms with Crippen LogP contribution >= 0.6 is 0 Å². The van der Waals surface area contributed by atoms with E-state index in [4.69, 9.17) is 15.0 Å². The molecule has 1 aliphatic rings. The molecule has 0 radical (unpaired) electrons. The number of aromatic nitrogens is 4. The summed E-state index contributed by atoms with van der Waals surface area (Å²) in [4.78, 5) is 15.6. The Bertz CT molecular complexity index is 2630. The minimum absolute atomic E-state index is 0.0795. The van der Waals surface area contributed by atoms with Gasteiger partial charge in [-0.25, -0.2) is 4.98 Å². The van der Waals surface area contributed by atoms with Crippen molar-refractivity contribution in [1.82, 2.24) is 19.5 Å². The van der Waals surface area contributed by atoms with Crippen molar-refractivity contribution in [2.45, 2.75) is 15.6 Å². The van der Waals surface area contributed by atoms with Crippen molar-refractivity contribution in [2.24, 2.45) is 0 Å². The largest absolute Gasteiger partial charge is 0.278 e. The molecule has 10 heteroatoms. The number of benzene rings is 6. The van der Waals surface area contributed by atoms with Gasteiger partial charge < -0.3 is 0 Å². The molecule has 0 bridgehead atoms. The summed E-state index contributed by atoms with van der Waals surface area (Å²) in [5.74, 6) is 1.89. The summed E-state index contributed by atoms with van der Waals surface area (Å²) in [7, 11) is 14.4. The molecule has 0 aliphatic heterocycles. The van der Waals surface area contributed by atoms with Crippen LogP contribution in [-0.2, 0) is 5.41 Å². The second-order valence-corrected chi connectivity index (χ2v) is 16.2. The summed E-state index contributed by atoms with van der Waals surface area (Å²) in [6.45, 7) is 0. The minimum Gasteiger partial charge on any atom is -0.278 e. The maximum Gasteiger partial charge on any atom is 0.238 e. The highest BCUT2D eigenvalue weighted by atomic mass is 15.2. The highest BCUT2D eigenvalue weighted by molar-refractivity contribution is 6.66. The topological polar surface area (TPSA) is 43.6 Å². The predicted octanol–water partition coefficient (Wildman–Crippen LogP) is 4.18. The summed E-state index contributed by atoms with van der Waals surface area (Å²) in [5.41, 5.74) is 11.6. The lowest BCUT2D eigenvalue weighted by molar-refractivity contribution is 0.533. The van der Waals surface area contributed by atoms with Crippen molar-refractivity contribution in [1.29, 1.82) is 0 Å². The van der Waals surface area contributed by atoms with Crippen LogP contribution < -0.4 is 0 Å². The third-order valence-electron chi connectivity index (χ3n) is 11.2. The molecule has 2 aromatic heterocycles. The van der Waals surface area contributed by atoms with E-state index in [0.29, 0.717) is 17.6 Å². The van der Waals surface area contributed by atoms with Gasteiger partial charge in [-0.1, -0.05) is 138 Å². The lowest BCUT2D eigenvalue weighted by Crippen LogP contribution is -2.52. The van der Waals surface area contributed by atoms with Gasteiger partial charge in [-0.3, -0.25) is 4.57 Å². The molecule has 8 aromatic rings. The van der Waals surface area contributed by atoms with E-state index < -0.39 is 0 Å². The number of rotatable bonds is 6. The van der Waals surface area contributed by atoms with Gasteiger partial charge in [0.05, 0.1) is 58.1 Å². The zero-order chi connectivity index (χ0) is 35.8. The van der Waals surface area contributed by atoms with Gasteiger partial charge in [0.25, 0.3) is 0 Å². The SMILES string of the molecule is BC(B)(B)C1(C(B)(B)B)c2ccccc2-c2cc3c4ccccc4n(-c4nc(-c5ccccc5)nc(-c5ccc(-c6ccccc6)cc5)n4)c3cc21. The van der Waals surface area contributed by atoms with Gasteiger partial charge in [-0.15, -0.1) is 0 Å². The molecule has 2 heterocycles. The van der Waals surface area contributed by atoms with Crippen LogP contribution in [0.15, 0.2) is 146 Å². The highest BCUT2D eigenvalue weighted by Crippen LogP contribution is 2.65. The van der Waals surface area contributed by atoms with Gasteiger partial charge in [-0.2, -0.15) is 9.97 Å². The Balaban J connectivity index is 1.34. The summed E-state index contributed by atoms with van der Waals surface area (Å²) in [5, 5.41) is 2.21. The number of para-hydroxylation sites is 1. The predicted molar refractivity (Wildman–Crippen MR) is 233 cm³/mol. The molecule has 0 unspecified atom stereocenters. The Morgan fingerprint density at radius 3 is 1.60 bits per heavy atom. The van der Waals surface area contributed by atoms with Crippen LogP contribution in [-0.4, -0.2) is 66.6 Å². The molecule has 52 heavy (non-hydrogen) atoms. The van der Waals surface area contributed by atoms with E-state index in [0.717, 1.165) is 27.7 Å². The summed E-state index contributed by atoms with van der Waals surface area (Å²) in [6.07, 6.45) is 0. The zero-order valence-corrected chi connectivity index (χ0v) is 30.6. The molecule has 1 aliphatic carbocycles. The Labute approximate surface area is 310 Å². The molecule has 0 fully saturated rings. The molecular weight excluding hydrogens is 625 g/mol. The van der Waals surface area contributed by atoms with Crippen molar-refractivity contribution in [3.63, 3.8) is 0 Å². The first kappa shape index (κ1) is 32.4. The average molecular weight is 662 g/mol. The van der Waals surface area contributed by atoms with E-state index in [1.54, 1.807) is 0 Å². The Morgan fingerprint density at radius 1 is 0.423 bits per heavy atom. The minimum atomic E-state index is -0.249. The van der Waals surface area contributed by atoms with Crippen molar-refractivity contribution >= 4 is 68.9 Å². The van der Waals surface area contributed by atoms with Crippen LogP contribution in [0.25, 0.3) is 72.8 Å². The lowest BCUT2D eigenvalue weighted by atomic mass is 9.18. The number of hydrogen-bond donors (Lipinski definition) is 0. The standard InChI is InChI=1S/C42H36B6N4/c43-41(44,45)40(42(46,47)48)33-17-9-7-15-29(33)31-23-32-30-16-8-10-18-35(30)52(36(32)24-34(31)40)39-50-37(27-13-5-2-6-14-27)49-38(51-39)28-21-19-26(20-22-28)25-11-3-1-4-12-25/h1-24H,43-48H2. The van der Waals surface area contributed by atoms with Crippen LogP contribution in [0, 0.1) is 0 Å². The third-order valence-corrected chi connectivity index (χ3v) is 11.2. The fraction of sp³-hybridized carbons (Fsp3) is 0.0714. The Kier molecular flexibility index (Phi) is 7.35. The smallest absolute Gasteiger partial charge is 0.238 e. The van der Waals surface area contributed by atoms with E-state index in [-0.39, 0.29) is 15.6 Å². The number of hydrogen-bond acceptors (Lipinski definition) is 3. The molecule has 0 N–H and O–H groups in total. The normalized spacial score (nSPS) is 13.6. The summed E-state index contributed by atoms with van der Waals surface area (Å²) < 4.78 is 2.26. The van der Waals surface area contributed by atoms with Gasteiger partial charge in [0.15, 0.2) is 11.6 Å². The first-order valence-corrected chi connectivity index (χ1v) is 18.2. The van der Waals surface area contributed by atoms with Gasteiger partial charge in [-0.05, 0) is 57.0 Å². The zero-order valence-electron chi connectivity index (χ0n) is 30.6. The van der Waals surface area contributed by atoms with Gasteiger partial charge in [0.1, 0.15) is 0 Å². The fourth-order valence-corrected chi connectivity index (χ4v) is 9.45. The van der Waals surface area contributed by atoms with Crippen LogP contribution in [0.2, 0.25) is 10.2 Å². The van der Waals surface area contributed by atoms with Crippen molar-refractivity contribution in [2.75, 3.05) is 0 Å². The fourth-order valence-electron chi connectivity index (χ4n) is 9.45. The highest BCUT2D eigenvalue weighted by Gasteiger charge is 2.56. The monoisotopic (exact) mass is 662 g/mol. The Hall–Kier alpha value is -5.48. The van der Waals surface area contributed by atoms with Crippen molar-refractivity contribution in [3.05, 3.63) is 157 Å². The van der Waals surface area contributed by atoms with Crippen molar-refractivity contribution in [3.8, 4) is 51.0 Å².